The Balaban J connectivity index is 2.37. The minimum Gasteiger partial charge on any atom is -0.469 e. The summed E-state index contributed by atoms with van der Waals surface area (Å²) in [6.45, 7) is 1.72. The van der Waals surface area contributed by atoms with Crippen LogP contribution in [0, 0.1) is 18.6 Å². The fourth-order valence-corrected chi connectivity index (χ4v) is 1.51. The summed E-state index contributed by atoms with van der Waals surface area (Å²) >= 11 is 0. The van der Waals surface area contributed by atoms with E-state index in [4.69, 9.17) is 4.42 Å². The summed E-state index contributed by atoms with van der Waals surface area (Å²) in [5, 5.41) is 9.85. The van der Waals surface area contributed by atoms with Gasteiger partial charge in [0.05, 0.1) is 6.26 Å². The summed E-state index contributed by atoms with van der Waals surface area (Å²) in [5.74, 6) is -0.820. The molecule has 0 saturated carbocycles. The van der Waals surface area contributed by atoms with Crippen molar-refractivity contribution in [3.8, 4) is 0 Å². The third-order valence-corrected chi connectivity index (χ3v) is 2.32. The first-order chi connectivity index (χ1) is 7.58. The second kappa shape index (κ2) is 4.06. The summed E-state index contributed by atoms with van der Waals surface area (Å²) in [7, 11) is 0. The predicted octanol–water partition coefficient (Wildman–Crippen LogP) is 2.95. The maximum Gasteiger partial charge on any atom is 0.132 e. The SMILES string of the molecule is Cc1cc(C(O)c2ccc(F)cc2F)co1. The van der Waals surface area contributed by atoms with Gasteiger partial charge in [0.1, 0.15) is 23.5 Å². The molecule has 0 aliphatic carbocycles. The molecule has 1 heterocycles. The number of hydrogen-bond acceptors (Lipinski definition) is 2. The Morgan fingerprint density at radius 2 is 2.00 bits per heavy atom. The van der Waals surface area contributed by atoms with Gasteiger partial charge in [-0.15, -0.1) is 0 Å². The van der Waals surface area contributed by atoms with Crippen LogP contribution in [0.5, 0.6) is 0 Å². The van der Waals surface area contributed by atoms with Crippen molar-refractivity contribution in [2.45, 2.75) is 13.0 Å². The van der Waals surface area contributed by atoms with Crippen LogP contribution in [0.15, 0.2) is 34.9 Å². The third kappa shape index (κ3) is 1.97. The molecule has 0 aliphatic heterocycles. The molecule has 0 aliphatic rings. The van der Waals surface area contributed by atoms with Crippen molar-refractivity contribution in [2.24, 2.45) is 0 Å². The van der Waals surface area contributed by atoms with Gasteiger partial charge in [-0.3, -0.25) is 0 Å². The Kier molecular flexibility index (Phi) is 2.75. The minimum atomic E-state index is -1.14. The first-order valence-corrected chi connectivity index (χ1v) is 4.76. The van der Waals surface area contributed by atoms with E-state index in [0.29, 0.717) is 11.3 Å². The zero-order valence-corrected chi connectivity index (χ0v) is 8.58. The molecule has 84 valence electrons. The first-order valence-electron chi connectivity index (χ1n) is 4.76. The fraction of sp³-hybridized carbons (Fsp3) is 0.167. The number of benzene rings is 1. The average molecular weight is 224 g/mol. The molecular formula is C12H10F2O2. The monoisotopic (exact) mass is 224 g/mol. The van der Waals surface area contributed by atoms with Crippen LogP contribution in [0.1, 0.15) is 23.0 Å². The van der Waals surface area contributed by atoms with Crippen molar-refractivity contribution in [3.63, 3.8) is 0 Å². The van der Waals surface area contributed by atoms with Gasteiger partial charge in [-0.1, -0.05) is 6.07 Å². The van der Waals surface area contributed by atoms with Crippen LogP contribution in [0.2, 0.25) is 0 Å². The van der Waals surface area contributed by atoms with Crippen LogP contribution in [0.25, 0.3) is 0 Å². The molecule has 0 saturated heterocycles. The van der Waals surface area contributed by atoms with Crippen LogP contribution in [0.4, 0.5) is 8.78 Å². The van der Waals surface area contributed by atoms with Crippen LogP contribution in [-0.4, -0.2) is 5.11 Å². The molecule has 1 atom stereocenters. The van der Waals surface area contributed by atoms with Crippen molar-refractivity contribution < 1.29 is 18.3 Å². The quantitative estimate of drug-likeness (QED) is 0.850. The summed E-state index contributed by atoms with van der Waals surface area (Å²) in [6, 6.07) is 4.67. The first kappa shape index (κ1) is 10.8. The van der Waals surface area contributed by atoms with E-state index in [1.807, 2.05) is 0 Å². The molecule has 0 bridgehead atoms. The number of aliphatic hydroxyl groups is 1. The molecule has 0 fully saturated rings. The number of hydrogen-bond donors (Lipinski definition) is 1. The topological polar surface area (TPSA) is 33.4 Å². The number of rotatable bonds is 2. The zero-order valence-electron chi connectivity index (χ0n) is 8.58. The van der Waals surface area contributed by atoms with Crippen molar-refractivity contribution in [1.29, 1.82) is 0 Å². The van der Waals surface area contributed by atoms with E-state index in [9.17, 15) is 13.9 Å². The summed E-state index contributed by atoms with van der Waals surface area (Å²) in [5.41, 5.74) is 0.477. The highest BCUT2D eigenvalue weighted by atomic mass is 19.1. The molecule has 1 N–H and O–H groups in total. The Morgan fingerprint density at radius 3 is 2.56 bits per heavy atom. The highest BCUT2D eigenvalue weighted by Crippen LogP contribution is 2.26. The van der Waals surface area contributed by atoms with Gasteiger partial charge in [-0.2, -0.15) is 0 Å². The van der Waals surface area contributed by atoms with Crippen molar-refractivity contribution in [1.82, 2.24) is 0 Å². The Morgan fingerprint density at radius 1 is 1.25 bits per heavy atom. The second-order valence-electron chi connectivity index (χ2n) is 3.56. The van der Waals surface area contributed by atoms with E-state index < -0.39 is 17.7 Å². The van der Waals surface area contributed by atoms with E-state index in [-0.39, 0.29) is 5.56 Å². The van der Waals surface area contributed by atoms with Gasteiger partial charge in [0.25, 0.3) is 0 Å². The molecule has 2 rings (SSSR count). The average Bonchev–Trinajstić information content (AvgIpc) is 2.64. The van der Waals surface area contributed by atoms with Crippen LogP contribution in [-0.2, 0) is 0 Å². The lowest BCUT2D eigenvalue weighted by Crippen LogP contribution is -2.01. The maximum atomic E-state index is 13.4. The van der Waals surface area contributed by atoms with Gasteiger partial charge in [0, 0.05) is 17.2 Å². The Labute approximate surface area is 91.1 Å². The molecule has 4 heteroatoms. The van der Waals surface area contributed by atoms with Crippen molar-refractivity contribution >= 4 is 0 Å². The van der Waals surface area contributed by atoms with Crippen LogP contribution in [0.3, 0.4) is 0 Å². The van der Waals surface area contributed by atoms with E-state index in [2.05, 4.69) is 0 Å². The van der Waals surface area contributed by atoms with Gasteiger partial charge in [0.2, 0.25) is 0 Å². The molecule has 2 nitrogen and oxygen atoms in total. The van der Waals surface area contributed by atoms with E-state index >= 15 is 0 Å². The number of furan rings is 1. The van der Waals surface area contributed by atoms with Crippen LogP contribution < -0.4 is 0 Å². The highest BCUT2D eigenvalue weighted by molar-refractivity contribution is 5.30. The lowest BCUT2D eigenvalue weighted by Gasteiger charge is -2.09. The number of aliphatic hydroxyl groups excluding tert-OH is 1. The van der Waals surface area contributed by atoms with Crippen molar-refractivity contribution in [3.05, 3.63) is 59.1 Å². The number of halogens is 2. The Bertz CT molecular complexity index is 505. The second-order valence-corrected chi connectivity index (χ2v) is 3.56. The smallest absolute Gasteiger partial charge is 0.132 e. The number of aryl methyl sites for hydroxylation is 1. The zero-order chi connectivity index (χ0) is 11.7. The predicted molar refractivity (Wildman–Crippen MR) is 53.9 cm³/mol. The van der Waals surface area contributed by atoms with Crippen LogP contribution >= 0.6 is 0 Å². The summed E-state index contributed by atoms with van der Waals surface area (Å²) in [6.07, 6.45) is 0.209. The molecule has 1 aromatic heterocycles. The minimum absolute atomic E-state index is 0.0298. The molecule has 16 heavy (non-hydrogen) atoms. The molecule has 0 amide bonds. The molecule has 1 aromatic carbocycles. The standard InChI is InChI=1S/C12H10F2O2/c1-7-4-8(6-16-7)12(15)10-3-2-9(13)5-11(10)14/h2-6,12,15H,1H3. The molecule has 2 aromatic rings. The maximum absolute atomic E-state index is 13.4. The highest BCUT2D eigenvalue weighted by Gasteiger charge is 2.17. The van der Waals surface area contributed by atoms with Gasteiger partial charge in [-0.05, 0) is 19.1 Å². The molecular weight excluding hydrogens is 214 g/mol. The fourth-order valence-electron chi connectivity index (χ4n) is 1.51. The third-order valence-electron chi connectivity index (χ3n) is 2.32. The largest absolute Gasteiger partial charge is 0.469 e. The van der Waals surface area contributed by atoms with Gasteiger partial charge in [0.15, 0.2) is 0 Å². The van der Waals surface area contributed by atoms with Crippen molar-refractivity contribution in [2.75, 3.05) is 0 Å². The molecule has 0 radical (unpaired) electrons. The summed E-state index contributed by atoms with van der Waals surface area (Å²) < 4.78 is 31.1. The summed E-state index contributed by atoms with van der Waals surface area (Å²) in [4.78, 5) is 0. The Hall–Kier alpha value is -1.68. The van der Waals surface area contributed by atoms with E-state index in [1.54, 1.807) is 13.0 Å². The van der Waals surface area contributed by atoms with E-state index in [1.165, 1.54) is 12.3 Å². The lowest BCUT2D eigenvalue weighted by molar-refractivity contribution is 0.213. The molecule has 1 unspecified atom stereocenters. The molecule has 0 spiro atoms. The normalized spacial score (nSPS) is 12.8. The van der Waals surface area contributed by atoms with Gasteiger partial charge >= 0.3 is 0 Å². The van der Waals surface area contributed by atoms with Gasteiger partial charge in [-0.25, -0.2) is 8.78 Å². The van der Waals surface area contributed by atoms with Gasteiger partial charge < -0.3 is 9.52 Å². The van der Waals surface area contributed by atoms with E-state index in [0.717, 1.165) is 12.1 Å². The lowest BCUT2D eigenvalue weighted by atomic mass is 10.0.